The molecule has 1 aromatic heterocycles. The Morgan fingerprint density at radius 3 is 2.46 bits per heavy atom. The van der Waals surface area contributed by atoms with Crippen molar-refractivity contribution in [1.82, 2.24) is 10.1 Å². The fourth-order valence-corrected chi connectivity index (χ4v) is 2.43. The first-order valence-electron chi connectivity index (χ1n) is 7.19. The zero-order valence-electron chi connectivity index (χ0n) is 12.5. The molecule has 24 heavy (non-hydrogen) atoms. The Balaban J connectivity index is 1.67. The van der Waals surface area contributed by atoms with Crippen molar-refractivity contribution in [2.24, 2.45) is 5.73 Å². The fourth-order valence-electron chi connectivity index (χ4n) is 2.25. The van der Waals surface area contributed by atoms with E-state index in [-0.39, 0.29) is 10.8 Å². The summed E-state index contributed by atoms with van der Waals surface area (Å²) < 4.78 is 18.2. The lowest BCUT2D eigenvalue weighted by Crippen LogP contribution is -2.12. The van der Waals surface area contributed by atoms with Crippen LogP contribution in [0.15, 0.2) is 47.0 Å². The lowest BCUT2D eigenvalue weighted by atomic mass is 10.0. The summed E-state index contributed by atoms with van der Waals surface area (Å²) in [6.07, 6.45) is 1.17. The molecule has 1 heterocycles. The summed E-state index contributed by atoms with van der Waals surface area (Å²) in [6.45, 7) is 0. The molecule has 0 saturated heterocycles. The largest absolute Gasteiger partial charge is 0.363 e. The number of nitrogens with two attached hydrogens (primary N) is 1. The number of rotatable bonds is 5. The minimum Gasteiger partial charge on any atom is -0.363 e. The predicted molar refractivity (Wildman–Crippen MR) is 87.1 cm³/mol. The van der Waals surface area contributed by atoms with Gasteiger partial charge in [-0.05, 0) is 35.2 Å². The Kier molecular flexibility index (Phi) is 4.57. The van der Waals surface area contributed by atoms with Crippen LogP contribution in [0.25, 0.3) is 11.1 Å². The van der Waals surface area contributed by atoms with Crippen molar-refractivity contribution >= 4 is 17.5 Å². The number of aryl methyl sites for hydroxylation is 2. The standard InChI is InChI=1S/C17H13ClFN3O2/c18-13-9-12(6-7-14(13)19)11-4-1-10(2-5-11)3-8-15-21-17(16(20)23)22-24-15/h1-2,4-7,9H,3,8H2,(H2,20,23). The van der Waals surface area contributed by atoms with E-state index in [9.17, 15) is 9.18 Å². The summed E-state index contributed by atoms with van der Waals surface area (Å²) in [6, 6.07) is 12.4. The van der Waals surface area contributed by atoms with Crippen LogP contribution in [0.5, 0.6) is 0 Å². The summed E-state index contributed by atoms with van der Waals surface area (Å²) in [5, 5.41) is 3.59. The Labute approximate surface area is 142 Å². The number of carbonyl (C=O) groups is 1. The first-order chi connectivity index (χ1) is 11.5. The van der Waals surface area contributed by atoms with Crippen LogP contribution in [0.4, 0.5) is 4.39 Å². The third-order valence-electron chi connectivity index (χ3n) is 3.52. The lowest BCUT2D eigenvalue weighted by molar-refractivity contribution is 0.0987. The maximum atomic E-state index is 13.2. The molecule has 2 N–H and O–H groups in total. The van der Waals surface area contributed by atoms with Crippen LogP contribution in [0.1, 0.15) is 22.1 Å². The molecule has 0 atom stereocenters. The van der Waals surface area contributed by atoms with E-state index in [1.165, 1.54) is 6.07 Å². The lowest BCUT2D eigenvalue weighted by Gasteiger charge is -2.05. The van der Waals surface area contributed by atoms with Crippen LogP contribution < -0.4 is 5.73 Å². The molecular formula is C17H13ClFN3O2. The molecule has 0 unspecified atom stereocenters. The van der Waals surface area contributed by atoms with Crippen molar-refractivity contribution in [3.8, 4) is 11.1 Å². The van der Waals surface area contributed by atoms with Gasteiger partial charge in [0, 0.05) is 6.42 Å². The van der Waals surface area contributed by atoms with Gasteiger partial charge in [0.25, 0.3) is 11.7 Å². The van der Waals surface area contributed by atoms with Crippen LogP contribution in [0.2, 0.25) is 5.02 Å². The van der Waals surface area contributed by atoms with E-state index in [2.05, 4.69) is 10.1 Å². The van der Waals surface area contributed by atoms with E-state index in [4.69, 9.17) is 21.9 Å². The summed E-state index contributed by atoms with van der Waals surface area (Å²) in [5.41, 5.74) is 7.91. The van der Waals surface area contributed by atoms with Crippen LogP contribution >= 0.6 is 11.6 Å². The number of amides is 1. The van der Waals surface area contributed by atoms with E-state index >= 15 is 0 Å². The molecule has 2 aromatic carbocycles. The molecule has 0 aliphatic carbocycles. The van der Waals surface area contributed by atoms with Crippen molar-refractivity contribution in [1.29, 1.82) is 0 Å². The third kappa shape index (κ3) is 3.60. The molecule has 7 heteroatoms. The number of hydrogen-bond donors (Lipinski definition) is 1. The van der Waals surface area contributed by atoms with Gasteiger partial charge in [0.1, 0.15) is 5.82 Å². The van der Waals surface area contributed by atoms with Gasteiger partial charge in [0.2, 0.25) is 5.89 Å². The first-order valence-corrected chi connectivity index (χ1v) is 7.57. The zero-order valence-corrected chi connectivity index (χ0v) is 13.3. The number of carbonyl (C=O) groups excluding carboxylic acids is 1. The number of nitrogens with zero attached hydrogens (tertiary/aromatic N) is 2. The highest BCUT2D eigenvalue weighted by Gasteiger charge is 2.11. The van der Waals surface area contributed by atoms with E-state index in [1.54, 1.807) is 12.1 Å². The second-order valence-electron chi connectivity index (χ2n) is 5.20. The van der Waals surface area contributed by atoms with Gasteiger partial charge in [-0.2, -0.15) is 4.98 Å². The van der Waals surface area contributed by atoms with Gasteiger partial charge < -0.3 is 10.3 Å². The second-order valence-corrected chi connectivity index (χ2v) is 5.61. The van der Waals surface area contributed by atoms with Gasteiger partial charge in [0.05, 0.1) is 5.02 Å². The molecule has 122 valence electrons. The Morgan fingerprint density at radius 2 is 1.83 bits per heavy atom. The van der Waals surface area contributed by atoms with Crippen molar-refractivity contribution in [3.05, 3.63) is 70.6 Å². The fraction of sp³-hybridized carbons (Fsp3) is 0.118. The number of halogens is 2. The molecule has 0 saturated carbocycles. The van der Waals surface area contributed by atoms with Crippen molar-refractivity contribution < 1.29 is 13.7 Å². The van der Waals surface area contributed by atoms with E-state index in [0.717, 1.165) is 16.7 Å². The molecule has 1 amide bonds. The highest BCUT2D eigenvalue weighted by atomic mass is 35.5. The minimum absolute atomic E-state index is 0.0956. The average Bonchev–Trinajstić information content (AvgIpc) is 3.05. The second kappa shape index (κ2) is 6.80. The number of benzene rings is 2. The molecule has 0 spiro atoms. The Morgan fingerprint density at radius 1 is 1.12 bits per heavy atom. The van der Waals surface area contributed by atoms with Gasteiger partial charge in [-0.3, -0.25) is 4.79 Å². The Bertz CT molecular complexity index is 878. The van der Waals surface area contributed by atoms with Crippen LogP contribution in [0.3, 0.4) is 0 Å². The van der Waals surface area contributed by atoms with Crippen LogP contribution in [-0.4, -0.2) is 16.0 Å². The molecular weight excluding hydrogens is 333 g/mol. The molecule has 0 aliphatic rings. The van der Waals surface area contributed by atoms with Crippen LogP contribution in [0, 0.1) is 5.82 Å². The van der Waals surface area contributed by atoms with Gasteiger partial charge in [-0.15, -0.1) is 0 Å². The van der Waals surface area contributed by atoms with E-state index in [0.29, 0.717) is 18.7 Å². The first kappa shape index (κ1) is 16.1. The van der Waals surface area contributed by atoms with Gasteiger partial charge in [-0.1, -0.05) is 47.1 Å². The maximum absolute atomic E-state index is 13.2. The van der Waals surface area contributed by atoms with Crippen molar-refractivity contribution in [2.75, 3.05) is 0 Å². The molecule has 3 aromatic rings. The van der Waals surface area contributed by atoms with Gasteiger partial charge in [0.15, 0.2) is 0 Å². The highest BCUT2D eigenvalue weighted by molar-refractivity contribution is 6.31. The monoisotopic (exact) mass is 345 g/mol. The molecule has 0 fully saturated rings. The normalized spacial score (nSPS) is 10.8. The topological polar surface area (TPSA) is 82.0 Å². The molecule has 3 rings (SSSR count). The summed E-state index contributed by atoms with van der Waals surface area (Å²) in [7, 11) is 0. The van der Waals surface area contributed by atoms with Gasteiger partial charge >= 0.3 is 0 Å². The average molecular weight is 346 g/mol. The van der Waals surface area contributed by atoms with Gasteiger partial charge in [-0.25, -0.2) is 4.39 Å². The van der Waals surface area contributed by atoms with E-state index < -0.39 is 11.7 Å². The maximum Gasteiger partial charge on any atom is 0.290 e. The quantitative estimate of drug-likeness (QED) is 0.768. The SMILES string of the molecule is NC(=O)c1noc(CCc2ccc(-c3ccc(F)c(Cl)c3)cc2)n1. The molecule has 0 aliphatic heterocycles. The Hall–Kier alpha value is -2.73. The highest BCUT2D eigenvalue weighted by Crippen LogP contribution is 2.25. The summed E-state index contributed by atoms with van der Waals surface area (Å²) in [5.74, 6) is -0.911. The predicted octanol–water partition coefficient (Wildman–Crippen LogP) is 3.41. The molecule has 0 radical (unpaired) electrons. The number of hydrogen-bond acceptors (Lipinski definition) is 4. The number of aromatic nitrogens is 2. The third-order valence-corrected chi connectivity index (χ3v) is 3.81. The number of primary amides is 1. The minimum atomic E-state index is -0.715. The smallest absolute Gasteiger partial charge is 0.290 e. The molecule has 0 bridgehead atoms. The van der Waals surface area contributed by atoms with Crippen LogP contribution in [-0.2, 0) is 12.8 Å². The van der Waals surface area contributed by atoms with Crippen molar-refractivity contribution in [2.45, 2.75) is 12.8 Å². The zero-order chi connectivity index (χ0) is 17.1. The van der Waals surface area contributed by atoms with E-state index in [1.807, 2.05) is 24.3 Å². The molecule has 5 nitrogen and oxygen atoms in total. The summed E-state index contributed by atoms with van der Waals surface area (Å²) in [4.78, 5) is 14.8. The summed E-state index contributed by atoms with van der Waals surface area (Å²) >= 11 is 5.81. The van der Waals surface area contributed by atoms with Crippen molar-refractivity contribution in [3.63, 3.8) is 0 Å².